The fraction of sp³-hybridized carbons (Fsp3) is 0.462. The summed E-state index contributed by atoms with van der Waals surface area (Å²) in [5.41, 5.74) is 0.168. The van der Waals surface area contributed by atoms with Gasteiger partial charge < -0.3 is 10.4 Å². The van der Waals surface area contributed by atoms with E-state index in [2.05, 4.69) is 10.0 Å². The lowest BCUT2D eigenvalue weighted by Crippen LogP contribution is -2.41. The van der Waals surface area contributed by atoms with Crippen molar-refractivity contribution in [3.05, 3.63) is 24.0 Å². The maximum atomic E-state index is 13.9. The number of hydrogen-bond donors (Lipinski definition) is 3. The summed E-state index contributed by atoms with van der Waals surface area (Å²) in [4.78, 5) is 10.3. The molecule has 1 rings (SSSR count). The second-order valence-electron chi connectivity index (χ2n) is 4.98. The van der Waals surface area contributed by atoms with Crippen molar-refractivity contribution in [2.45, 2.75) is 31.7 Å². The molecule has 0 radical (unpaired) electrons. The van der Waals surface area contributed by atoms with Crippen molar-refractivity contribution in [3.8, 4) is 0 Å². The highest BCUT2D eigenvalue weighted by molar-refractivity contribution is 7.89. The Kier molecular flexibility index (Phi) is 5.82. The Balaban J connectivity index is 3.06. The standard InChI is InChI=1S/C13H19FN2O4S/c1-8(2)12(7-17)16-21(19,20)13-5-4-10(6-11(13)14)15-9(3)18/h4-6,8,12,16-17H,7H2,1-3H3,(H,15,18)/t12-/m1/s1. The Morgan fingerprint density at radius 1 is 1.38 bits per heavy atom. The van der Waals surface area contributed by atoms with Crippen LogP contribution in [0.1, 0.15) is 20.8 Å². The summed E-state index contributed by atoms with van der Waals surface area (Å²) in [5.74, 6) is -1.51. The van der Waals surface area contributed by atoms with Crippen LogP contribution in [-0.2, 0) is 14.8 Å². The lowest BCUT2D eigenvalue weighted by atomic mass is 10.1. The number of benzene rings is 1. The Bertz CT molecular complexity index is 617. The van der Waals surface area contributed by atoms with Gasteiger partial charge in [0.05, 0.1) is 6.61 Å². The molecule has 21 heavy (non-hydrogen) atoms. The Morgan fingerprint density at radius 2 is 2.00 bits per heavy atom. The first-order valence-corrected chi connectivity index (χ1v) is 7.86. The molecule has 1 atom stereocenters. The maximum Gasteiger partial charge on any atom is 0.243 e. The van der Waals surface area contributed by atoms with Crippen molar-refractivity contribution < 1.29 is 22.7 Å². The van der Waals surface area contributed by atoms with E-state index < -0.39 is 26.8 Å². The highest BCUT2D eigenvalue weighted by Crippen LogP contribution is 2.20. The van der Waals surface area contributed by atoms with Gasteiger partial charge in [0.2, 0.25) is 15.9 Å². The summed E-state index contributed by atoms with van der Waals surface area (Å²) in [6, 6.07) is 2.59. The molecule has 0 spiro atoms. The van der Waals surface area contributed by atoms with Crippen molar-refractivity contribution in [1.29, 1.82) is 0 Å². The molecule has 8 heteroatoms. The molecular weight excluding hydrogens is 299 g/mol. The number of aliphatic hydroxyl groups is 1. The predicted octanol–water partition coefficient (Wildman–Crippen LogP) is 1.08. The number of amides is 1. The van der Waals surface area contributed by atoms with Crippen LogP contribution in [0.4, 0.5) is 10.1 Å². The molecule has 0 aliphatic rings. The average molecular weight is 318 g/mol. The average Bonchev–Trinajstić information content (AvgIpc) is 2.34. The third kappa shape index (κ3) is 4.76. The number of sulfonamides is 1. The van der Waals surface area contributed by atoms with Gasteiger partial charge in [-0.25, -0.2) is 17.5 Å². The number of hydrogen-bond acceptors (Lipinski definition) is 4. The normalized spacial score (nSPS) is 13.2. The fourth-order valence-electron chi connectivity index (χ4n) is 1.65. The Morgan fingerprint density at radius 3 is 2.43 bits per heavy atom. The monoisotopic (exact) mass is 318 g/mol. The van der Waals surface area contributed by atoms with Crippen LogP contribution in [0.25, 0.3) is 0 Å². The molecule has 1 aromatic carbocycles. The van der Waals surface area contributed by atoms with E-state index in [1.807, 2.05) is 0 Å². The van der Waals surface area contributed by atoms with Crippen LogP contribution in [-0.4, -0.2) is 32.1 Å². The fourth-order valence-corrected chi connectivity index (χ4v) is 3.08. The Labute approximate surface area is 123 Å². The van der Waals surface area contributed by atoms with E-state index in [1.165, 1.54) is 13.0 Å². The van der Waals surface area contributed by atoms with E-state index in [9.17, 15) is 17.6 Å². The quantitative estimate of drug-likeness (QED) is 0.731. The van der Waals surface area contributed by atoms with Gasteiger partial charge in [0, 0.05) is 18.7 Å². The van der Waals surface area contributed by atoms with Gasteiger partial charge in [-0.3, -0.25) is 4.79 Å². The summed E-state index contributed by atoms with van der Waals surface area (Å²) in [7, 11) is -4.09. The summed E-state index contributed by atoms with van der Waals surface area (Å²) in [5, 5.41) is 11.5. The van der Waals surface area contributed by atoms with Crippen LogP contribution in [0.2, 0.25) is 0 Å². The van der Waals surface area contributed by atoms with Gasteiger partial charge >= 0.3 is 0 Å². The molecule has 0 aliphatic heterocycles. The second kappa shape index (κ2) is 6.97. The van der Waals surface area contributed by atoms with Gasteiger partial charge in [-0.1, -0.05) is 13.8 Å². The summed E-state index contributed by atoms with van der Waals surface area (Å²) in [6.07, 6.45) is 0. The molecular formula is C13H19FN2O4S. The van der Waals surface area contributed by atoms with Gasteiger partial charge in [-0.15, -0.1) is 0 Å². The smallest absolute Gasteiger partial charge is 0.243 e. The third-order valence-corrected chi connectivity index (χ3v) is 4.37. The zero-order chi connectivity index (χ0) is 16.2. The first-order chi connectivity index (χ1) is 9.67. The van der Waals surface area contributed by atoms with Gasteiger partial charge in [-0.05, 0) is 24.1 Å². The number of aliphatic hydroxyl groups excluding tert-OH is 1. The van der Waals surface area contributed by atoms with E-state index in [0.717, 1.165) is 12.1 Å². The van der Waals surface area contributed by atoms with Crippen molar-refractivity contribution >= 4 is 21.6 Å². The van der Waals surface area contributed by atoms with E-state index in [4.69, 9.17) is 5.11 Å². The minimum absolute atomic E-state index is 0.147. The zero-order valence-corrected chi connectivity index (χ0v) is 12.9. The summed E-state index contributed by atoms with van der Waals surface area (Å²) in [6.45, 7) is 4.35. The molecule has 1 amide bonds. The predicted molar refractivity (Wildman–Crippen MR) is 76.7 cm³/mol. The molecule has 0 fully saturated rings. The number of carbonyl (C=O) groups is 1. The molecule has 0 bridgehead atoms. The Hall–Kier alpha value is -1.51. The largest absolute Gasteiger partial charge is 0.395 e. The molecule has 1 aromatic rings. The third-order valence-electron chi connectivity index (χ3n) is 2.85. The number of anilines is 1. The molecule has 0 aromatic heterocycles. The molecule has 0 saturated heterocycles. The van der Waals surface area contributed by atoms with Crippen LogP contribution >= 0.6 is 0 Å². The number of halogens is 1. The van der Waals surface area contributed by atoms with Crippen LogP contribution in [0.15, 0.2) is 23.1 Å². The van der Waals surface area contributed by atoms with Gasteiger partial charge in [0.15, 0.2) is 0 Å². The second-order valence-corrected chi connectivity index (χ2v) is 6.66. The molecule has 0 unspecified atom stereocenters. The van der Waals surface area contributed by atoms with Crippen molar-refractivity contribution in [2.24, 2.45) is 5.92 Å². The van der Waals surface area contributed by atoms with E-state index in [-0.39, 0.29) is 24.1 Å². The number of nitrogens with one attached hydrogen (secondary N) is 2. The van der Waals surface area contributed by atoms with Crippen molar-refractivity contribution in [1.82, 2.24) is 4.72 Å². The van der Waals surface area contributed by atoms with Gasteiger partial charge in [0.25, 0.3) is 0 Å². The van der Waals surface area contributed by atoms with Crippen molar-refractivity contribution in [3.63, 3.8) is 0 Å². The first kappa shape index (κ1) is 17.5. The molecule has 6 nitrogen and oxygen atoms in total. The zero-order valence-electron chi connectivity index (χ0n) is 12.1. The maximum absolute atomic E-state index is 13.9. The SMILES string of the molecule is CC(=O)Nc1ccc(S(=O)(=O)N[C@H](CO)C(C)C)c(F)c1. The number of rotatable bonds is 6. The summed E-state index contributed by atoms with van der Waals surface area (Å²) < 4.78 is 40.4. The lowest BCUT2D eigenvalue weighted by molar-refractivity contribution is -0.114. The first-order valence-electron chi connectivity index (χ1n) is 6.37. The molecule has 118 valence electrons. The van der Waals surface area contributed by atoms with Crippen molar-refractivity contribution in [2.75, 3.05) is 11.9 Å². The van der Waals surface area contributed by atoms with Crippen LogP contribution < -0.4 is 10.0 Å². The minimum atomic E-state index is -4.09. The minimum Gasteiger partial charge on any atom is -0.395 e. The molecule has 0 saturated carbocycles. The van der Waals surface area contributed by atoms with E-state index in [1.54, 1.807) is 13.8 Å². The molecule has 0 aliphatic carbocycles. The number of carbonyl (C=O) groups excluding carboxylic acids is 1. The highest BCUT2D eigenvalue weighted by atomic mass is 32.2. The van der Waals surface area contributed by atoms with E-state index in [0.29, 0.717) is 0 Å². The van der Waals surface area contributed by atoms with Crippen LogP contribution in [0.5, 0.6) is 0 Å². The van der Waals surface area contributed by atoms with Gasteiger partial charge in [0.1, 0.15) is 10.7 Å². The van der Waals surface area contributed by atoms with Crippen LogP contribution in [0, 0.1) is 11.7 Å². The van der Waals surface area contributed by atoms with Gasteiger partial charge in [-0.2, -0.15) is 0 Å². The molecule has 0 heterocycles. The lowest BCUT2D eigenvalue weighted by Gasteiger charge is -2.20. The topological polar surface area (TPSA) is 95.5 Å². The summed E-state index contributed by atoms with van der Waals surface area (Å²) >= 11 is 0. The highest BCUT2D eigenvalue weighted by Gasteiger charge is 2.24. The van der Waals surface area contributed by atoms with Crippen LogP contribution in [0.3, 0.4) is 0 Å². The van der Waals surface area contributed by atoms with E-state index >= 15 is 0 Å². The molecule has 3 N–H and O–H groups in total.